The maximum absolute atomic E-state index is 5.62. The molecule has 2 heteroatoms. The van der Waals surface area contributed by atoms with Crippen LogP contribution in [0.25, 0.3) is 0 Å². The number of ether oxygens (including phenoxy) is 1. The molecule has 1 heterocycles. The minimum atomic E-state index is 0.463. The zero-order valence-electron chi connectivity index (χ0n) is 8.84. The monoisotopic (exact) mass is 191 g/mol. The Morgan fingerprint density at radius 1 is 1.50 bits per heavy atom. The minimum Gasteiger partial charge on any atom is -0.493 e. The topological polar surface area (TPSA) is 21.3 Å². The molecule has 0 spiro atoms. The Morgan fingerprint density at radius 3 is 3.07 bits per heavy atom. The summed E-state index contributed by atoms with van der Waals surface area (Å²) in [5.41, 5.74) is 2.70. The summed E-state index contributed by atoms with van der Waals surface area (Å²) >= 11 is 0. The highest BCUT2D eigenvalue weighted by Crippen LogP contribution is 2.32. The number of nitrogens with one attached hydrogen (secondary N) is 1. The number of benzene rings is 1. The first-order valence-corrected chi connectivity index (χ1v) is 5.28. The molecule has 0 saturated heterocycles. The van der Waals surface area contributed by atoms with E-state index in [1.54, 1.807) is 0 Å². The number of hydrogen-bond acceptors (Lipinski definition) is 2. The summed E-state index contributed by atoms with van der Waals surface area (Å²) in [6.07, 6.45) is 2.15. The number of rotatable bonds is 2. The molecule has 0 aliphatic carbocycles. The van der Waals surface area contributed by atoms with E-state index in [0.29, 0.717) is 6.04 Å². The lowest BCUT2D eigenvalue weighted by Crippen LogP contribution is -2.24. The third-order valence-electron chi connectivity index (χ3n) is 2.87. The summed E-state index contributed by atoms with van der Waals surface area (Å²) in [5.74, 6) is 1.05. The van der Waals surface area contributed by atoms with Gasteiger partial charge in [-0.1, -0.05) is 19.1 Å². The Morgan fingerprint density at radius 2 is 2.36 bits per heavy atom. The van der Waals surface area contributed by atoms with E-state index in [9.17, 15) is 0 Å². The van der Waals surface area contributed by atoms with E-state index >= 15 is 0 Å². The lowest BCUT2D eigenvalue weighted by atomic mass is 9.98. The molecule has 0 aromatic heterocycles. The van der Waals surface area contributed by atoms with E-state index in [0.717, 1.165) is 25.2 Å². The molecule has 1 N–H and O–H groups in total. The van der Waals surface area contributed by atoms with Crippen molar-refractivity contribution >= 4 is 0 Å². The van der Waals surface area contributed by atoms with Crippen molar-refractivity contribution in [2.45, 2.75) is 25.8 Å². The normalized spacial score (nSPS) is 20.0. The number of hydrogen-bond donors (Lipinski definition) is 1. The first-order chi connectivity index (χ1) is 6.85. The average Bonchev–Trinajstić information content (AvgIpc) is 2.27. The number of aryl methyl sites for hydroxylation is 1. The summed E-state index contributed by atoms with van der Waals surface area (Å²) < 4.78 is 5.62. The van der Waals surface area contributed by atoms with Crippen LogP contribution in [-0.2, 0) is 6.42 Å². The molecule has 14 heavy (non-hydrogen) atoms. The van der Waals surface area contributed by atoms with Crippen LogP contribution < -0.4 is 10.1 Å². The van der Waals surface area contributed by atoms with Gasteiger partial charge in [-0.05, 0) is 25.1 Å². The molecular weight excluding hydrogens is 174 g/mol. The molecule has 1 aromatic rings. The van der Waals surface area contributed by atoms with Crippen LogP contribution in [0.4, 0.5) is 0 Å². The van der Waals surface area contributed by atoms with Gasteiger partial charge < -0.3 is 10.1 Å². The van der Waals surface area contributed by atoms with Gasteiger partial charge in [-0.15, -0.1) is 0 Å². The fourth-order valence-electron chi connectivity index (χ4n) is 1.96. The maximum atomic E-state index is 5.62. The van der Waals surface area contributed by atoms with Gasteiger partial charge >= 0.3 is 0 Å². The standard InChI is InChI=1S/C12H17NO/c1-3-9-4-5-12-10(8-9)11(13-2)6-7-14-12/h4-5,8,11,13H,3,6-7H2,1-2H3. The fourth-order valence-corrected chi connectivity index (χ4v) is 1.96. The molecule has 0 saturated carbocycles. The summed E-state index contributed by atoms with van der Waals surface area (Å²) in [7, 11) is 2.01. The highest BCUT2D eigenvalue weighted by molar-refractivity contribution is 5.40. The lowest BCUT2D eigenvalue weighted by molar-refractivity contribution is 0.257. The van der Waals surface area contributed by atoms with Gasteiger partial charge in [-0.3, -0.25) is 0 Å². The van der Waals surface area contributed by atoms with Crippen molar-refractivity contribution in [1.29, 1.82) is 0 Å². The molecular formula is C12H17NO. The molecule has 2 rings (SSSR count). The van der Waals surface area contributed by atoms with Crippen molar-refractivity contribution in [3.8, 4) is 5.75 Å². The second-order valence-corrected chi connectivity index (χ2v) is 3.70. The van der Waals surface area contributed by atoms with Crippen molar-refractivity contribution in [2.75, 3.05) is 13.7 Å². The van der Waals surface area contributed by atoms with Crippen LogP contribution in [-0.4, -0.2) is 13.7 Å². The van der Waals surface area contributed by atoms with E-state index in [4.69, 9.17) is 4.74 Å². The number of fused-ring (bicyclic) bond motifs is 1. The molecule has 0 fully saturated rings. The van der Waals surface area contributed by atoms with E-state index < -0.39 is 0 Å². The Kier molecular flexibility index (Phi) is 2.73. The Balaban J connectivity index is 2.38. The first kappa shape index (κ1) is 9.53. The summed E-state index contributed by atoms with van der Waals surface area (Å²) in [5, 5.41) is 3.33. The molecule has 0 bridgehead atoms. The second kappa shape index (κ2) is 4.01. The second-order valence-electron chi connectivity index (χ2n) is 3.70. The van der Waals surface area contributed by atoms with Gasteiger partial charge in [-0.25, -0.2) is 0 Å². The third kappa shape index (κ3) is 1.62. The van der Waals surface area contributed by atoms with Gasteiger partial charge in [0.25, 0.3) is 0 Å². The first-order valence-electron chi connectivity index (χ1n) is 5.28. The van der Waals surface area contributed by atoms with Crippen molar-refractivity contribution in [2.24, 2.45) is 0 Å². The zero-order chi connectivity index (χ0) is 9.97. The zero-order valence-corrected chi connectivity index (χ0v) is 8.84. The van der Waals surface area contributed by atoms with Gasteiger partial charge in [0.1, 0.15) is 5.75 Å². The summed E-state index contributed by atoms with van der Waals surface area (Å²) in [4.78, 5) is 0. The predicted octanol–water partition coefficient (Wildman–Crippen LogP) is 2.29. The predicted molar refractivity (Wildman–Crippen MR) is 57.7 cm³/mol. The van der Waals surface area contributed by atoms with Gasteiger partial charge in [0.2, 0.25) is 0 Å². The minimum absolute atomic E-state index is 0.463. The van der Waals surface area contributed by atoms with Crippen LogP contribution in [0.2, 0.25) is 0 Å². The SMILES string of the molecule is CCc1ccc2c(c1)C(NC)CCO2. The molecule has 1 aliphatic rings. The van der Waals surface area contributed by atoms with Crippen molar-refractivity contribution in [1.82, 2.24) is 5.32 Å². The highest BCUT2D eigenvalue weighted by atomic mass is 16.5. The molecule has 0 radical (unpaired) electrons. The summed E-state index contributed by atoms with van der Waals surface area (Å²) in [6.45, 7) is 3.00. The lowest BCUT2D eigenvalue weighted by Gasteiger charge is -2.26. The average molecular weight is 191 g/mol. The van der Waals surface area contributed by atoms with Crippen LogP contribution in [0.5, 0.6) is 5.75 Å². The van der Waals surface area contributed by atoms with E-state index in [-0.39, 0.29) is 0 Å². The van der Waals surface area contributed by atoms with E-state index in [2.05, 4.69) is 30.4 Å². The van der Waals surface area contributed by atoms with E-state index in [1.165, 1.54) is 11.1 Å². The van der Waals surface area contributed by atoms with Crippen molar-refractivity contribution in [3.63, 3.8) is 0 Å². The summed E-state index contributed by atoms with van der Waals surface area (Å²) in [6, 6.07) is 6.97. The Bertz CT molecular complexity index is 322. The Labute approximate surface area is 85.3 Å². The molecule has 76 valence electrons. The smallest absolute Gasteiger partial charge is 0.124 e. The van der Waals surface area contributed by atoms with Crippen LogP contribution >= 0.6 is 0 Å². The van der Waals surface area contributed by atoms with Gasteiger partial charge in [0.05, 0.1) is 6.61 Å². The van der Waals surface area contributed by atoms with Crippen LogP contribution in [0.15, 0.2) is 18.2 Å². The largest absolute Gasteiger partial charge is 0.493 e. The molecule has 1 aliphatic heterocycles. The third-order valence-corrected chi connectivity index (χ3v) is 2.87. The molecule has 1 atom stereocenters. The van der Waals surface area contributed by atoms with Crippen molar-refractivity contribution < 1.29 is 4.74 Å². The maximum Gasteiger partial charge on any atom is 0.124 e. The highest BCUT2D eigenvalue weighted by Gasteiger charge is 2.19. The van der Waals surface area contributed by atoms with Gasteiger partial charge in [-0.2, -0.15) is 0 Å². The van der Waals surface area contributed by atoms with Crippen LogP contribution in [0, 0.1) is 0 Å². The molecule has 1 unspecified atom stereocenters. The van der Waals surface area contributed by atoms with E-state index in [1.807, 2.05) is 7.05 Å². The van der Waals surface area contributed by atoms with Crippen LogP contribution in [0.3, 0.4) is 0 Å². The van der Waals surface area contributed by atoms with Gasteiger partial charge in [0.15, 0.2) is 0 Å². The van der Waals surface area contributed by atoms with Gasteiger partial charge in [0, 0.05) is 18.0 Å². The molecule has 1 aromatic carbocycles. The molecule has 2 nitrogen and oxygen atoms in total. The Hall–Kier alpha value is -1.02. The van der Waals surface area contributed by atoms with Crippen molar-refractivity contribution in [3.05, 3.63) is 29.3 Å². The molecule has 0 amide bonds. The quantitative estimate of drug-likeness (QED) is 0.774. The fraction of sp³-hybridized carbons (Fsp3) is 0.500. The van der Waals surface area contributed by atoms with Crippen LogP contribution in [0.1, 0.15) is 30.5 Å².